The fraction of sp³-hybridized carbons (Fsp3) is 0.600. The maximum Gasteiger partial charge on any atom is 0.392 e. The molecule has 3 aromatic heterocycles. The highest BCUT2D eigenvalue weighted by Gasteiger charge is 2.42. The average molecular weight is 468 g/mol. The van der Waals surface area contributed by atoms with Crippen molar-refractivity contribution in [1.82, 2.24) is 24.0 Å². The largest absolute Gasteiger partial charge is 0.475 e. The van der Waals surface area contributed by atoms with Crippen molar-refractivity contribution < 1.29 is 17.9 Å². The predicted molar refractivity (Wildman–Crippen MR) is 114 cm³/mol. The van der Waals surface area contributed by atoms with Gasteiger partial charge < -0.3 is 15.0 Å². The number of piperidine rings is 1. The van der Waals surface area contributed by atoms with E-state index in [-0.39, 0.29) is 5.88 Å². The first kappa shape index (κ1) is 21.2. The second kappa shape index (κ2) is 8.38. The van der Waals surface area contributed by atoms with Crippen molar-refractivity contribution in [2.45, 2.75) is 32.4 Å². The lowest BCUT2D eigenvalue weighted by Crippen LogP contribution is -2.44. The molecule has 1 unspecified atom stereocenters. The molecule has 4 heterocycles. The minimum Gasteiger partial charge on any atom is -0.475 e. The Bertz CT molecular complexity index is 1070. The van der Waals surface area contributed by atoms with E-state index in [0.29, 0.717) is 29.3 Å². The van der Waals surface area contributed by atoms with Crippen molar-refractivity contribution >= 4 is 28.1 Å². The van der Waals surface area contributed by atoms with Crippen molar-refractivity contribution in [3.8, 4) is 5.88 Å². The fourth-order valence-electron chi connectivity index (χ4n) is 4.79. The van der Waals surface area contributed by atoms with E-state index in [0.717, 1.165) is 25.3 Å². The lowest BCUT2D eigenvalue weighted by atomic mass is 9.85. The lowest BCUT2D eigenvalue weighted by Gasteiger charge is -2.38. The van der Waals surface area contributed by atoms with Crippen molar-refractivity contribution in [2.75, 3.05) is 36.5 Å². The fourth-order valence-corrected chi connectivity index (χ4v) is 5.57. The number of rotatable bonds is 7. The number of halogens is 3. The van der Waals surface area contributed by atoms with Crippen LogP contribution in [0.4, 0.5) is 24.1 Å². The van der Waals surface area contributed by atoms with Crippen LogP contribution in [0.1, 0.15) is 25.0 Å². The predicted octanol–water partition coefficient (Wildman–Crippen LogP) is 3.79. The topological polar surface area (TPSA) is 80.5 Å². The van der Waals surface area contributed by atoms with Crippen molar-refractivity contribution in [1.29, 1.82) is 0 Å². The molecule has 1 saturated heterocycles. The van der Waals surface area contributed by atoms with E-state index in [1.807, 2.05) is 6.92 Å². The first-order valence-electron chi connectivity index (χ1n) is 10.7. The van der Waals surface area contributed by atoms with Crippen LogP contribution in [0.25, 0.3) is 5.65 Å². The Balaban J connectivity index is 1.22. The quantitative estimate of drug-likeness (QED) is 0.566. The molecule has 0 aromatic carbocycles. The number of anilines is 2. The molecule has 1 saturated carbocycles. The maximum atomic E-state index is 12.4. The number of fused-ring (bicyclic) bond motifs is 3. The smallest absolute Gasteiger partial charge is 0.392 e. The van der Waals surface area contributed by atoms with Crippen LogP contribution in [0.2, 0.25) is 0 Å². The SMILES string of the molecule is Cc1cc(N2CC3CC[C@@H](C2)[C@@H]3CNc2nc3c(OCCC(F)(F)F)nccn3n2)sn1. The van der Waals surface area contributed by atoms with Gasteiger partial charge in [0.15, 0.2) is 0 Å². The minimum atomic E-state index is -4.28. The van der Waals surface area contributed by atoms with Crippen LogP contribution in [0.5, 0.6) is 5.88 Å². The van der Waals surface area contributed by atoms with Gasteiger partial charge in [0.1, 0.15) is 5.00 Å². The molecule has 1 aliphatic heterocycles. The zero-order chi connectivity index (χ0) is 22.3. The minimum absolute atomic E-state index is 0.0468. The van der Waals surface area contributed by atoms with Gasteiger partial charge >= 0.3 is 6.18 Å². The summed E-state index contributed by atoms with van der Waals surface area (Å²) in [7, 11) is 0. The molecular weight excluding hydrogens is 443 g/mol. The van der Waals surface area contributed by atoms with Gasteiger partial charge in [-0.3, -0.25) is 0 Å². The van der Waals surface area contributed by atoms with Gasteiger partial charge in [0.2, 0.25) is 11.6 Å². The third-order valence-corrected chi connectivity index (χ3v) is 7.24. The molecule has 3 atom stereocenters. The first-order chi connectivity index (χ1) is 15.4. The summed E-state index contributed by atoms with van der Waals surface area (Å²) in [4.78, 5) is 10.9. The molecule has 0 radical (unpaired) electrons. The third kappa shape index (κ3) is 4.45. The molecule has 2 aliphatic rings. The summed E-state index contributed by atoms with van der Waals surface area (Å²) < 4.78 is 48.3. The third-order valence-electron chi connectivity index (χ3n) is 6.30. The van der Waals surface area contributed by atoms with E-state index in [4.69, 9.17) is 4.74 Å². The van der Waals surface area contributed by atoms with Gasteiger partial charge in [-0.15, -0.1) is 5.10 Å². The van der Waals surface area contributed by atoms with Gasteiger partial charge in [0.05, 0.1) is 18.7 Å². The number of aromatic nitrogens is 5. The number of nitrogens with one attached hydrogen (secondary N) is 1. The molecule has 0 spiro atoms. The molecule has 2 bridgehead atoms. The second-order valence-electron chi connectivity index (χ2n) is 8.50. The highest BCUT2D eigenvalue weighted by Crippen LogP contribution is 2.43. The van der Waals surface area contributed by atoms with Gasteiger partial charge in [-0.05, 0) is 55.1 Å². The Kier molecular flexibility index (Phi) is 5.56. The first-order valence-corrected chi connectivity index (χ1v) is 11.5. The summed E-state index contributed by atoms with van der Waals surface area (Å²) in [5.74, 6) is 2.21. The van der Waals surface area contributed by atoms with E-state index < -0.39 is 19.2 Å². The zero-order valence-electron chi connectivity index (χ0n) is 17.5. The van der Waals surface area contributed by atoms with Crippen LogP contribution in [0, 0.1) is 24.7 Å². The summed E-state index contributed by atoms with van der Waals surface area (Å²) in [5.41, 5.74) is 1.37. The van der Waals surface area contributed by atoms with Crippen LogP contribution < -0.4 is 15.0 Å². The normalized spacial score (nSPS) is 23.1. The Morgan fingerprint density at radius 3 is 2.72 bits per heavy atom. The summed E-state index contributed by atoms with van der Waals surface area (Å²) in [6.07, 6.45) is 0.141. The molecule has 172 valence electrons. The molecule has 2 fully saturated rings. The molecule has 12 heteroatoms. The molecule has 1 aliphatic carbocycles. The van der Waals surface area contributed by atoms with E-state index in [1.54, 1.807) is 17.7 Å². The van der Waals surface area contributed by atoms with Crippen LogP contribution in [0.3, 0.4) is 0 Å². The standard InChI is InChI=1S/C20H24F3N7OS/c1-12-8-16(32-28-12)29-10-13-2-3-14(11-29)15(13)9-25-19-26-17-18(24-5-6-30(17)27-19)31-7-4-20(21,22)23/h5-6,8,13-15H,2-4,7,9-11H2,1H3,(H,25,27)/t13-,14?,15-/m0/s1. The summed E-state index contributed by atoms with van der Waals surface area (Å²) in [6.45, 7) is 4.34. The Hall–Kier alpha value is -2.63. The number of aryl methyl sites for hydroxylation is 1. The molecule has 1 N–H and O–H groups in total. The summed E-state index contributed by atoms with van der Waals surface area (Å²) in [5, 5.41) is 8.97. The van der Waals surface area contributed by atoms with Crippen molar-refractivity contribution in [2.24, 2.45) is 17.8 Å². The van der Waals surface area contributed by atoms with Crippen molar-refractivity contribution in [3.05, 3.63) is 24.2 Å². The number of ether oxygens (including phenoxy) is 1. The molecule has 5 rings (SSSR count). The number of alkyl halides is 3. The molecular formula is C20H24F3N7OS. The summed E-state index contributed by atoms with van der Waals surface area (Å²) in [6, 6.07) is 2.16. The van der Waals surface area contributed by atoms with Gasteiger partial charge in [0, 0.05) is 32.0 Å². The maximum absolute atomic E-state index is 12.4. The molecule has 32 heavy (non-hydrogen) atoms. The number of nitrogens with zero attached hydrogens (tertiary/aromatic N) is 6. The van der Waals surface area contributed by atoms with Gasteiger partial charge in [-0.2, -0.15) is 22.5 Å². The van der Waals surface area contributed by atoms with Crippen LogP contribution in [-0.2, 0) is 0 Å². The lowest BCUT2D eigenvalue weighted by molar-refractivity contribution is -0.139. The van der Waals surface area contributed by atoms with Gasteiger partial charge in [-0.25, -0.2) is 9.50 Å². The van der Waals surface area contributed by atoms with E-state index in [2.05, 4.69) is 35.7 Å². The Morgan fingerprint density at radius 2 is 2.03 bits per heavy atom. The van der Waals surface area contributed by atoms with E-state index >= 15 is 0 Å². The van der Waals surface area contributed by atoms with Crippen LogP contribution in [0.15, 0.2) is 18.5 Å². The highest BCUT2D eigenvalue weighted by molar-refractivity contribution is 7.10. The highest BCUT2D eigenvalue weighted by atomic mass is 32.1. The molecule has 0 amide bonds. The Morgan fingerprint density at radius 1 is 1.25 bits per heavy atom. The van der Waals surface area contributed by atoms with E-state index in [9.17, 15) is 13.2 Å². The van der Waals surface area contributed by atoms with Crippen LogP contribution >= 0.6 is 11.5 Å². The monoisotopic (exact) mass is 467 g/mol. The van der Waals surface area contributed by atoms with Crippen molar-refractivity contribution in [3.63, 3.8) is 0 Å². The van der Waals surface area contributed by atoms with Gasteiger partial charge in [0.25, 0.3) is 5.88 Å². The second-order valence-corrected chi connectivity index (χ2v) is 9.29. The zero-order valence-corrected chi connectivity index (χ0v) is 18.4. The molecule has 8 nitrogen and oxygen atoms in total. The molecule has 3 aromatic rings. The number of hydrogen-bond donors (Lipinski definition) is 1. The number of hydrogen-bond acceptors (Lipinski definition) is 8. The average Bonchev–Trinajstić information content (AvgIpc) is 3.41. The Labute approximate surface area is 187 Å². The van der Waals surface area contributed by atoms with E-state index in [1.165, 1.54) is 28.6 Å². The summed E-state index contributed by atoms with van der Waals surface area (Å²) >= 11 is 1.57. The van der Waals surface area contributed by atoms with Gasteiger partial charge in [-0.1, -0.05) is 0 Å². The van der Waals surface area contributed by atoms with Crippen LogP contribution in [-0.4, -0.2) is 56.4 Å².